The second kappa shape index (κ2) is 10.3. The Morgan fingerprint density at radius 2 is 2.12 bits per heavy atom. The summed E-state index contributed by atoms with van der Waals surface area (Å²) < 4.78 is 8.17. The lowest BCUT2D eigenvalue weighted by atomic mass is 10.2. The molecule has 0 spiro atoms. The Kier molecular flexibility index (Phi) is 8.06. The molecule has 2 aromatic rings. The highest BCUT2D eigenvalue weighted by Gasteiger charge is 2.10. The van der Waals surface area contributed by atoms with E-state index in [1.165, 1.54) is 5.56 Å². The summed E-state index contributed by atoms with van der Waals surface area (Å²) in [6.45, 7) is 4.67. The molecule has 8 heteroatoms. The quantitative estimate of drug-likeness (QED) is 0.402. The third-order valence-corrected chi connectivity index (χ3v) is 4.86. The van der Waals surface area contributed by atoms with E-state index in [4.69, 9.17) is 9.73 Å². The van der Waals surface area contributed by atoms with Gasteiger partial charge in [0, 0.05) is 45.4 Å². The molecule has 0 aliphatic heterocycles. The fraction of sp³-hybridized carbons (Fsp3) is 0.500. The Balaban J connectivity index is 2.09. The van der Waals surface area contributed by atoms with Crippen molar-refractivity contribution in [3.63, 3.8) is 0 Å². The van der Waals surface area contributed by atoms with E-state index in [2.05, 4.69) is 42.4 Å². The topological polar surface area (TPSA) is 67.6 Å². The molecule has 1 heterocycles. The van der Waals surface area contributed by atoms with Gasteiger partial charge in [0.05, 0.1) is 0 Å². The molecule has 1 aromatic heterocycles. The van der Waals surface area contributed by atoms with E-state index in [1.54, 1.807) is 7.11 Å². The molecule has 2 rings (SSSR count). The summed E-state index contributed by atoms with van der Waals surface area (Å²) in [5.41, 5.74) is 1.20. The van der Waals surface area contributed by atoms with Gasteiger partial charge >= 0.3 is 0 Å². The van der Waals surface area contributed by atoms with Crippen LogP contribution in [0.4, 0.5) is 0 Å². The van der Waals surface area contributed by atoms with Gasteiger partial charge in [0.2, 0.25) is 0 Å². The molecule has 26 heavy (non-hydrogen) atoms. The minimum Gasteiger partial charge on any atom is -0.385 e. The molecule has 0 bridgehead atoms. The maximum absolute atomic E-state index is 5.12. The van der Waals surface area contributed by atoms with Gasteiger partial charge in [-0.25, -0.2) is 4.99 Å². The molecule has 0 radical (unpaired) electrons. The van der Waals surface area contributed by atoms with E-state index in [0.29, 0.717) is 6.54 Å². The number of aliphatic imine (C=N–C) groups is 1. The third-order valence-electron chi connectivity index (χ3n) is 4.09. The lowest BCUT2D eigenvalue weighted by molar-refractivity contribution is 0.195. The van der Waals surface area contributed by atoms with Crippen LogP contribution in [0.1, 0.15) is 23.6 Å². The molecule has 0 amide bonds. The second-order valence-electron chi connectivity index (χ2n) is 6.08. The first kappa shape index (κ1) is 20.4. The standard InChI is InChI=1S/C18H27BrN6O/c1-14-22-23-17(25(14)3)12-21-18(20-10-7-11-26-4)24(2)13-15-8-5-6-9-16(15)19/h5-6,8-9H,7,10-13H2,1-4H3,(H,20,21). The zero-order valence-electron chi connectivity index (χ0n) is 15.9. The molecule has 0 aliphatic rings. The number of nitrogens with zero attached hydrogens (tertiary/aromatic N) is 5. The Bertz CT molecular complexity index is 730. The lowest BCUT2D eigenvalue weighted by Crippen LogP contribution is -2.39. The van der Waals surface area contributed by atoms with Crippen molar-refractivity contribution in [2.75, 3.05) is 27.3 Å². The molecule has 0 atom stereocenters. The van der Waals surface area contributed by atoms with Crippen molar-refractivity contribution in [2.24, 2.45) is 12.0 Å². The lowest BCUT2D eigenvalue weighted by Gasteiger charge is -2.23. The summed E-state index contributed by atoms with van der Waals surface area (Å²) in [5, 5.41) is 11.7. The van der Waals surface area contributed by atoms with Crippen molar-refractivity contribution in [2.45, 2.75) is 26.4 Å². The smallest absolute Gasteiger partial charge is 0.194 e. The second-order valence-corrected chi connectivity index (χ2v) is 6.94. The number of rotatable bonds is 8. The van der Waals surface area contributed by atoms with Crippen LogP contribution in [-0.4, -0.2) is 52.9 Å². The molecule has 0 unspecified atom stereocenters. The predicted molar refractivity (Wildman–Crippen MR) is 107 cm³/mol. The molecule has 1 aromatic carbocycles. The molecule has 0 fully saturated rings. The number of ether oxygens (including phenoxy) is 1. The zero-order valence-corrected chi connectivity index (χ0v) is 17.5. The number of aryl methyl sites for hydroxylation is 1. The van der Waals surface area contributed by atoms with E-state index in [-0.39, 0.29) is 0 Å². The summed E-state index contributed by atoms with van der Waals surface area (Å²) >= 11 is 3.61. The van der Waals surface area contributed by atoms with E-state index in [9.17, 15) is 0 Å². The van der Waals surface area contributed by atoms with Crippen molar-refractivity contribution in [3.8, 4) is 0 Å². The summed E-state index contributed by atoms with van der Waals surface area (Å²) in [4.78, 5) is 6.85. The van der Waals surface area contributed by atoms with Gasteiger partial charge in [-0.1, -0.05) is 34.1 Å². The van der Waals surface area contributed by atoms with Gasteiger partial charge in [-0.05, 0) is 25.0 Å². The van der Waals surface area contributed by atoms with Gasteiger partial charge in [-0.3, -0.25) is 0 Å². The summed E-state index contributed by atoms with van der Waals surface area (Å²) in [6, 6.07) is 8.21. The minimum absolute atomic E-state index is 0.476. The number of aromatic nitrogens is 3. The first-order chi connectivity index (χ1) is 12.5. The summed E-state index contributed by atoms with van der Waals surface area (Å²) in [5.74, 6) is 2.55. The molecule has 1 N–H and O–H groups in total. The first-order valence-electron chi connectivity index (χ1n) is 8.59. The molecule has 7 nitrogen and oxygen atoms in total. The van der Waals surface area contributed by atoms with E-state index >= 15 is 0 Å². The minimum atomic E-state index is 0.476. The van der Waals surface area contributed by atoms with Crippen molar-refractivity contribution in [3.05, 3.63) is 46.0 Å². The van der Waals surface area contributed by atoms with Crippen LogP contribution in [0.3, 0.4) is 0 Å². The Morgan fingerprint density at radius 1 is 1.35 bits per heavy atom. The fourth-order valence-electron chi connectivity index (χ4n) is 2.42. The third kappa shape index (κ3) is 5.81. The van der Waals surface area contributed by atoms with E-state index in [1.807, 2.05) is 43.8 Å². The molecule has 0 saturated carbocycles. The first-order valence-corrected chi connectivity index (χ1v) is 9.39. The van der Waals surface area contributed by atoms with Gasteiger partial charge in [0.15, 0.2) is 11.8 Å². The SMILES string of the molecule is COCCCNC(=NCc1nnc(C)n1C)N(C)Cc1ccccc1Br. The van der Waals surface area contributed by atoms with Gasteiger partial charge in [0.1, 0.15) is 12.4 Å². The maximum atomic E-state index is 5.12. The average molecular weight is 423 g/mol. The van der Waals surface area contributed by atoms with Crippen LogP contribution in [0.25, 0.3) is 0 Å². The molecule has 0 saturated heterocycles. The summed E-state index contributed by atoms with van der Waals surface area (Å²) in [7, 11) is 5.70. The highest BCUT2D eigenvalue weighted by atomic mass is 79.9. The molecule has 0 aliphatic carbocycles. The fourth-order valence-corrected chi connectivity index (χ4v) is 2.83. The number of benzene rings is 1. The largest absolute Gasteiger partial charge is 0.385 e. The summed E-state index contributed by atoms with van der Waals surface area (Å²) in [6.07, 6.45) is 0.918. The average Bonchev–Trinajstić information content (AvgIpc) is 2.95. The van der Waals surface area contributed by atoms with Crippen LogP contribution in [0.15, 0.2) is 33.7 Å². The van der Waals surface area contributed by atoms with Crippen molar-refractivity contribution >= 4 is 21.9 Å². The molecular formula is C18H27BrN6O. The van der Waals surface area contributed by atoms with Crippen molar-refractivity contribution < 1.29 is 4.74 Å². The number of halogens is 1. The Morgan fingerprint density at radius 3 is 2.77 bits per heavy atom. The van der Waals surface area contributed by atoms with Crippen LogP contribution in [0.5, 0.6) is 0 Å². The van der Waals surface area contributed by atoms with Crippen LogP contribution in [0.2, 0.25) is 0 Å². The van der Waals surface area contributed by atoms with Gasteiger partial charge < -0.3 is 19.5 Å². The predicted octanol–water partition coefficient (Wildman–Crippen LogP) is 2.50. The van der Waals surface area contributed by atoms with E-state index in [0.717, 1.165) is 48.2 Å². The van der Waals surface area contributed by atoms with Crippen LogP contribution in [0, 0.1) is 6.92 Å². The van der Waals surface area contributed by atoms with Gasteiger partial charge in [-0.2, -0.15) is 0 Å². The van der Waals surface area contributed by atoms with Gasteiger partial charge in [-0.15, -0.1) is 10.2 Å². The van der Waals surface area contributed by atoms with Crippen LogP contribution < -0.4 is 5.32 Å². The molecular weight excluding hydrogens is 396 g/mol. The Hall–Kier alpha value is -1.93. The number of hydrogen-bond donors (Lipinski definition) is 1. The number of guanidine groups is 1. The van der Waals surface area contributed by atoms with Crippen molar-refractivity contribution in [1.29, 1.82) is 0 Å². The van der Waals surface area contributed by atoms with E-state index < -0.39 is 0 Å². The normalized spacial score (nSPS) is 11.7. The number of hydrogen-bond acceptors (Lipinski definition) is 4. The highest BCUT2D eigenvalue weighted by Crippen LogP contribution is 2.17. The molecule has 142 valence electrons. The Labute approximate surface area is 163 Å². The maximum Gasteiger partial charge on any atom is 0.194 e. The van der Waals surface area contributed by atoms with Gasteiger partial charge in [0.25, 0.3) is 0 Å². The van der Waals surface area contributed by atoms with Crippen molar-refractivity contribution in [1.82, 2.24) is 25.0 Å². The van der Waals surface area contributed by atoms with Crippen LogP contribution >= 0.6 is 15.9 Å². The monoisotopic (exact) mass is 422 g/mol. The number of nitrogens with one attached hydrogen (secondary N) is 1. The highest BCUT2D eigenvalue weighted by molar-refractivity contribution is 9.10. The van der Waals surface area contributed by atoms with Crippen LogP contribution in [-0.2, 0) is 24.9 Å². The zero-order chi connectivity index (χ0) is 18.9. The number of methoxy groups -OCH3 is 1.